The molecule has 34 heavy (non-hydrogen) atoms. The molecule has 0 radical (unpaired) electrons. The number of benzene rings is 1. The van der Waals surface area contributed by atoms with Crippen molar-refractivity contribution in [1.29, 1.82) is 0 Å². The zero-order chi connectivity index (χ0) is 24.9. The predicted molar refractivity (Wildman–Crippen MR) is 108 cm³/mol. The van der Waals surface area contributed by atoms with E-state index in [0.29, 0.717) is 0 Å². The summed E-state index contributed by atoms with van der Waals surface area (Å²) in [6, 6.07) is 7.56. The smallest absolute Gasteiger partial charge is 0.422 e. The van der Waals surface area contributed by atoms with Crippen molar-refractivity contribution in [3.8, 4) is 5.75 Å². The van der Waals surface area contributed by atoms with Crippen LogP contribution >= 0.6 is 0 Å². The van der Waals surface area contributed by atoms with E-state index in [2.05, 4.69) is 19.8 Å². The molecule has 1 aliphatic rings. The number of hydrogen-bond donors (Lipinski definition) is 0. The Morgan fingerprint density at radius 1 is 1.18 bits per heavy atom. The van der Waals surface area contributed by atoms with E-state index in [9.17, 15) is 32.6 Å². The molecule has 0 bridgehead atoms. The van der Waals surface area contributed by atoms with Gasteiger partial charge in [-0.25, -0.2) is 4.79 Å². The SMILES string of the molecule is Cc1c(OCC(F)(F)F)ccnc1C[S+]([O-])C1(C(=O)OCCO[N+](=O)[O-])N=c2ccccc2=N1. The van der Waals surface area contributed by atoms with Crippen molar-refractivity contribution in [3.05, 3.63) is 68.6 Å². The van der Waals surface area contributed by atoms with Crippen LogP contribution in [0.15, 0.2) is 46.5 Å². The lowest BCUT2D eigenvalue weighted by molar-refractivity contribution is -0.757. The number of halogens is 3. The highest BCUT2D eigenvalue weighted by Crippen LogP contribution is 2.30. The van der Waals surface area contributed by atoms with E-state index < -0.39 is 59.0 Å². The lowest BCUT2D eigenvalue weighted by atomic mass is 10.2. The summed E-state index contributed by atoms with van der Waals surface area (Å²) >= 11 is -2.24. The van der Waals surface area contributed by atoms with Crippen molar-refractivity contribution in [3.63, 3.8) is 0 Å². The maximum atomic E-state index is 13.4. The van der Waals surface area contributed by atoms with E-state index in [1.807, 2.05) is 0 Å². The molecule has 0 fully saturated rings. The molecule has 0 saturated heterocycles. The van der Waals surface area contributed by atoms with Gasteiger partial charge in [-0.15, -0.1) is 10.1 Å². The molecular weight excluding hydrogens is 485 g/mol. The van der Waals surface area contributed by atoms with E-state index >= 15 is 0 Å². The molecule has 1 aromatic carbocycles. The number of carbonyl (C=O) groups is 1. The second-order valence-corrected chi connectivity index (χ2v) is 8.34. The summed E-state index contributed by atoms with van der Waals surface area (Å²) in [5, 5.41) is 9.73. The van der Waals surface area contributed by atoms with Gasteiger partial charge in [-0.2, -0.15) is 23.2 Å². The highest BCUT2D eigenvalue weighted by Gasteiger charge is 2.54. The summed E-state index contributed by atoms with van der Waals surface area (Å²) < 4.78 is 60.7. The first-order chi connectivity index (χ1) is 16.0. The second kappa shape index (κ2) is 10.2. The maximum absolute atomic E-state index is 13.4. The fourth-order valence-corrected chi connectivity index (χ4v) is 4.26. The van der Waals surface area contributed by atoms with Gasteiger partial charge in [0.25, 0.3) is 5.09 Å². The Morgan fingerprint density at radius 3 is 2.41 bits per heavy atom. The zero-order valence-electron chi connectivity index (χ0n) is 17.5. The molecule has 0 spiro atoms. The minimum absolute atomic E-state index is 0.100. The standard InChI is InChI=1S/C19H17F3N4O7S/c1-12-15(23-7-6-16(12)32-11-18(20,21)22)10-34(30)19(17(27)31-8-9-33-26(28)29)24-13-4-2-3-5-14(13)25-19/h2-7H,8-11H2,1H3. The van der Waals surface area contributed by atoms with Gasteiger partial charge in [-0.05, 0) is 25.1 Å². The molecule has 182 valence electrons. The molecule has 1 aliphatic heterocycles. The van der Waals surface area contributed by atoms with Gasteiger partial charge in [-0.1, -0.05) is 12.1 Å². The molecule has 0 saturated carbocycles. The monoisotopic (exact) mass is 502 g/mol. The van der Waals surface area contributed by atoms with Crippen LogP contribution in [0.5, 0.6) is 5.75 Å². The first-order valence-corrected chi connectivity index (χ1v) is 10.9. The number of para-hydroxylation sites is 2. The molecular formula is C19H17F3N4O7S. The zero-order valence-corrected chi connectivity index (χ0v) is 18.3. The van der Waals surface area contributed by atoms with Crippen LogP contribution in [0.1, 0.15) is 11.3 Å². The molecule has 3 rings (SSSR count). The first kappa shape index (κ1) is 25.2. The van der Waals surface area contributed by atoms with Gasteiger partial charge in [0.15, 0.2) is 12.4 Å². The largest absolute Gasteiger partial charge is 0.612 e. The van der Waals surface area contributed by atoms with Crippen molar-refractivity contribution >= 4 is 17.1 Å². The number of pyridine rings is 1. The van der Waals surface area contributed by atoms with E-state index in [4.69, 9.17) is 9.47 Å². The minimum Gasteiger partial charge on any atom is -0.612 e. The fourth-order valence-electron chi connectivity index (χ4n) is 2.88. The number of hydrogen-bond acceptors (Lipinski definition) is 10. The third kappa shape index (κ3) is 5.91. The van der Waals surface area contributed by atoms with E-state index in [-0.39, 0.29) is 27.7 Å². The number of aromatic nitrogens is 1. The van der Waals surface area contributed by atoms with E-state index in [0.717, 1.165) is 0 Å². The summed E-state index contributed by atoms with van der Waals surface area (Å²) in [5.74, 6) is -1.68. The van der Waals surface area contributed by atoms with E-state index in [1.165, 1.54) is 31.3 Å². The third-order valence-corrected chi connectivity index (χ3v) is 5.96. The van der Waals surface area contributed by atoms with Gasteiger partial charge in [0.2, 0.25) is 0 Å². The Labute approximate surface area is 192 Å². The van der Waals surface area contributed by atoms with Crippen LogP contribution in [0.25, 0.3) is 0 Å². The summed E-state index contributed by atoms with van der Waals surface area (Å²) in [4.78, 5) is 37.4. The Morgan fingerprint density at radius 2 is 1.82 bits per heavy atom. The molecule has 1 unspecified atom stereocenters. The van der Waals surface area contributed by atoms with Crippen LogP contribution in [-0.2, 0) is 31.3 Å². The summed E-state index contributed by atoms with van der Waals surface area (Å²) in [6.07, 6.45) is -3.37. The van der Waals surface area contributed by atoms with Crippen molar-refractivity contribution in [2.24, 2.45) is 9.98 Å². The van der Waals surface area contributed by atoms with Gasteiger partial charge in [-0.3, -0.25) is 4.98 Å². The fraction of sp³-hybridized carbons (Fsp3) is 0.368. The average Bonchev–Trinajstić information content (AvgIpc) is 3.17. The van der Waals surface area contributed by atoms with Crippen LogP contribution in [0, 0.1) is 17.0 Å². The molecule has 1 aromatic heterocycles. The van der Waals surface area contributed by atoms with Gasteiger partial charge in [0, 0.05) is 22.9 Å². The van der Waals surface area contributed by atoms with Gasteiger partial charge in [0.1, 0.15) is 19.0 Å². The Bertz CT molecular complexity index is 1160. The molecule has 11 nitrogen and oxygen atoms in total. The molecule has 2 aromatic rings. The molecule has 1 atom stereocenters. The number of esters is 1. The normalized spacial score (nSPS) is 14.9. The van der Waals surface area contributed by atoms with Crippen molar-refractivity contribution in [2.45, 2.75) is 23.8 Å². The van der Waals surface area contributed by atoms with Crippen LogP contribution in [0.3, 0.4) is 0 Å². The lowest BCUT2D eigenvalue weighted by Gasteiger charge is -2.24. The number of rotatable bonds is 10. The lowest BCUT2D eigenvalue weighted by Crippen LogP contribution is -2.45. The predicted octanol–water partition coefficient (Wildman–Crippen LogP) is 0.938. The number of ether oxygens (including phenoxy) is 2. The van der Waals surface area contributed by atoms with Gasteiger partial charge in [0.05, 0.1) is 16.4 Å². The van der Waals surface area contributed by atoms with E-state index in [1.54, 1.807) is 12.1 Å². The average molecular weight is 502 g/mol. The summed E-state index contributed by atoms with van der Waals surface area (Å²) in [7, 11) is 0. The molecule has 2 heterocycles. The molecule has 15 heteroatoms. The quantitative estimate of drug-likeness (QED) is 0.153. The number of alkyl halides is 3. The Balaban J connectivity index is 1.86. The maximum Gasteiger partial charge on any atom is 0.422 e. The topological polar surface area (TPSA) is 149 Å². The minimum atomic E-state index is -4.56. The third-order valence-electron chi connectivity index (χ3n) is 4.44. The van der Waals surface area contributed by atoms with Crippen molar-refractivity contribution in [2.75, 3.05) is 19.8 Å². The van der Waals surface area contributed by atoms with Crippen molar-refractivity contribution in [1.82, 2.24) is 4.98 Å². The van der Waals surface area contributed by atoms with Crippen LogP contribution in [-0.4, -0.2) is 51.6 Å². The van der Waals surface area contributed by atoms with Gasteiger partial charge >= 0.3 is 17.1 Å². The number of carbonyl (C=O) groups excluding carboxylic acids is 1. The highest BCUT2D eigenvalue weighted by molar-refractivity contribution is 7.92. The highest BCUT2D eigenvalue weighted by atomic mass is 32.2. The first-order valence-electron chi connectivity index (χ1n) is 9.54. The summed E-state index contributed by atoms with van der Waals surface area (Å²) in [5.41, 5.74) is 0.293. The van der Waals surface area contributed by atoms with Crippen LogP contribution in [0.2, 0.25) is 0 Å². The molecule has 0 amide bonds. The van der Waals surface area contributed by atoms with Crippen molar-refractivity contribution < 1.29 is 41.9 Å². The van der Waals surface area contributed by atoms with Gasteiger partial charge < -0.3 is 18.9 Å². The number of fused-ring (bicyclic) bond motifs is 1. The van der Waals surface area contributed by atoms with Crippen LogP contribution in [0.4, 0.5) is 13.2 Å². The van der Waals surface area contributed by atoms with Crippen LogP contribution < -0.4 is 15.5 Å². The summed E-state index contributed by atoms with van der Waals surface area (Å²) in [6.45, 7) is -1.18. The molecule has 0 N–H and O–H groups in total. The molecule has 0 aliphatic carbocycles. The Kier molecular flexibility index (Phi) is 7.56. The second-order valence-electron chi connectivity index (χ2n) is 6.79. The Hall–Kier alpha value is -3.46. The number of nitrogens with zero attached hydrogens (tertiary/aromatic N) is 4.